The number of H-pyrrole nitrogens is 1. The molecular formula is C12H15FN2O2. The number of hydrogen-bond acceptors (Lipinski definition) is 3. The van der Waals surface area contributed by atoms with Gasteiger partial charge in [0.15, 0.2) is 17.3 Å². The third kappa shape index (κ3) is 1.88. The van der Waals surface area contributed by atoms with Gasteiger partial charge in [0.25, 0.3) is 0 Å². The van der Waals surface area contributed by atoms with Crippen LogP contribution < -0.4 is 15.2 Å². The van der Waals surface area contributed by atoms with E-state index in [-0.39, 0.29) is 5.75 Å². The normalized spacial score (nSPS) is 10.8. The fourth-order valence-electron chi connectivity index (χ4n) is 1.78. The maximum atomic E-state index is 14.2. The first-order valence-corrected chi connectivity index (χ1v) is 5.53. The molecule has 0 amide bonds. The van der Waals surface area contributed by atoms with E-state index in [1.807, 2.05) is 6.92 Å². The van der Waals surface area contributed by atoms with Crippen LogP contribution in [0.4, 0.5) is 10.2 Å². The second-order valence-electron chi connectivity index (χ2n) is 3.55. The zero-order valence-corrected chi connectivity index (χ0v) is 9.84. The molecule has 0 spiro atoms. The molecule has 0 saturated heterocycles. The number of aromatic nitrogens is 1. The van der Waals surface area contributed by atoms with E-state index in [1.165, 1.54) is 0 Å². The van der Waals surface area contributed by atoms with Crippen LogP contribution in [0, 0.1) is 5.82 Å². The molecule has 1 heterocycles. The Balaban J connectivity index is 2.67. The van der Waals surface area contributed by atoms with Crippen molar-refractivity contribution in [3.63, 3.8) is 0 Å². The first-order valence-electron chi connectivity index (χ1n) is 5.53. The van der Waals surface area contributed by atoms with Gasteiger partial charge in [-0.2, -0.15) is 0 Å². The van der Waals surface area contributed by atoms with Gasteiger partial charge in [0.2, 0.25) is 0 Å². The fraction of sp³-hybridized carbons (Fsp3) is 0.333. The Morgan fingerprint density at radius 2 is 2.00 bits per heavy atom. The number of nitrogens with one attached hydrogen (secondary N) is 1. The molecular weight excluding hydrogens is 223 g/mol. The predicted molar refractivity (Wildman–Crippen MR) is 65.0 cm³/mol. The van der Waals surface area contributed by atoms with Crippen molar-refractivity contribution in [3.05, 3.63) is 18.1 Å². The van der Waals surface area contributed by atoms with E-state index in [4.69, 9.17) is 15.2 Å². The minimum absolute atomic E-state index is 0.119. The quantitative estimate of drug-likeness (QED) is 0.860. The van der Waals surface area contributed by atoms with Gasteiger partial charge < -0.3 is 20.2 Å². The number of benzene rings is 1. The molecule has 0 fully saturated rings. The molecule has 0 atom stereocenters. The van der Waals surface area contributed by atoms with Crippen LogP contribution >= 0.6 is 0 Å². The van der Waals surface area contributed by atoms with Crippen LogP contribution in [-0.4, -0.2) is 18.2 Å². The zero-order chi connectivity index (χ0) is 12.4. The Morgan fingerprint density at radius 3 is 2.65 bits per heavy atom. The Kier molecular flexibility index (Phi) is 3.08. The summed E-state index contributed by atoms with van der Waals surface area (Å²) in [6.07, 6.45) is 1.64. The Labute approximate surface area is 98.5 Å². The van der Waals surface area contributed by atoms with Crippen LogP contribution in [0.15, 0.2) is 12.3 Å². The van der Waals surface area contributed by atoms with E-state index in [0.717, 1.165) is 0 Å². The maximum absolute atomic E-state index is 14.2. The summed E-state index contributed by atoms with van der Waals surface area (Å²) in [6.45, 7) is 4.45. The summed E-state index contributed by atoms with van der Waals surface area (Å²) in [5.74, 6) is 0.333. The topological polar surface area (TPSA) is 60.3 Å². The number of hydrogen-bond donors (Lipinski definition) is 2. The molecule has 0 saturated carbocycles. The lowest BCUT2D eigenvalue weighted by Gasteiger charge is -2.12. The van der Waals surface area contributed by atoms with Gasteiger partial charge in [-0.05, 0) is 19.9 Å². The molecule has 1 aromatic carbocycles. The minimum atomic E-state index is -0.480. The monoisotopic (exact) mass is 238 g/mol. The van der Waals surface area contributed by atoms with Crippen LogP contribution in [0.25, 0.3) is 10.8 Å². The van der Waals surface area contributed by atoms with Crippen molar-refractivity contribution in [2.45, 2.75) is 13.8 Å². The highest BCUT2D eigenvalue weighted by Crippen LogP contribution is 2.38. The molecule has 2 aromatic rings. The maximum Gasteiger partial charge on any atom is 0.197 e. The largest absolute Gasteiger partial charge is 0.490 e. The summed E-state index contributed by atoms with van der Waals surface area (Å²) in [6, 6.07) is 1.72. The van der Waals surface area contributed by atoms with Crippen LogP contribution in [0.1, 0.15) is 13.8 Å². The molecule has 5 heteroatoms. The Bertz CT molecular complexity index is 537. The summed E-state index contributed by atoms with van der Waals surface area (Å²) in [7, 11) is 0. The first-order chi connectivity index (χ1) is 8.19. The highest BCUT2D eigenvalue weighted by Gasteiger charge is 2.18. The summed E-state index contributed by atoms with van der Waals surface area (Å²) >= 11 is 0. The second-order valence-corrected chi connectivity index (χ2v) is 3.55. The van der Waals surface area contributed by atoms with Gasteiger partial charge in [-0.25, -0.2) is 4.39 Å². The lowest BCUT2D eigenvalue weighted by molar-refractivity contribution is 0.277. The molecule has 0 bridgehead atoms. The lowest BCUT2D eigenvalue weighted by atomic mass is 10.2. The van der Waals surface area contributed by atoms with E-state index < -0.39 is 5.82 Å². The van der Waals surface area contributed by atoms with Crippen LogP contribution in [0.3, 0.4) is 0 Å². The van der Waals surface area contributed by atoms with Crippen molar-refractivity contribution in [1.29, 1.82) is 0 Å². The second kappa shape index (κ2) is 4.53. The highest BCUT2D eigenvalue weighted by atomic mass is 19.1. The van der Waals surface area contributed by atoms with E-state index in [2.05, 4.69) is 4.98 Å². The minimum Gasteiger partial charge on any atom is -0.490 e. The molecule has 0 radical (unpaired) electrons. The SMILES string of the molecule is CCOc1cc2c[nH]c(N)c2c(F)c1OCC. The van der Waals surface area contributed by atoms with Crippen LogP contribution in [0.2, 0.25) is 0 Å². The molecule has 0 aliphatic rings. The van der Waals surface area contributed by atoms with Gasteiger partial charge >= 0.3 is 0 Å². The Hall–Kier alpha value is -1.91. The summed E-state index contributed by atoms with van der Waals surface area (Å²) in [5, 5.41) is 1.02. The number of aromatic amines is 1. The predicted octanol–water partition coefficient (Wildman–Crippen LogP) is 2.69. The van der Waals surface area contributed by atoms with E-state index in [9.17, 15) is 4.39 Å². The number of ether oxygens (including phenoxy) is 2. The molecule has 3 N–H and O–H groups in total. The van der Waals surface area contributed by atoms with Gasteiger partial charge in [-0.3, -0.25) is 0 Å². The first kappa shape index (κ1) is 11.6. The molecule has 17 heavy (non-hydrogen) atoms. The summed E-state index contributed by atoms with van der Waals surface area (Å²) in [5.41, 5.74) is 5.67. The number of fused-ring (bicyclic) bond motifs is 1. The number of anilines is 1. The zero-order valence-electron chi connectivity index (χ0n) is 9.84. The van der Waals surface area contributed by atoms with E-state index in [0.29, 0.717) is 35.6 Å². The van der Waals surface area contributed by atoms with Crippen LogP contribution in [-0.2, 0) is 0 Å². The smallest absolute Gasteiger partial charge is 0.197 e. The molecule has 1 aromatic heterocycles. The summed E-state index contributed by atoms with van der Waals surface area (Å²) < 4.78 is 24.9. The van der Waals surface area contributed by atoms with Gasteiger partial charge in [-0.15, -0.1) is 0 Å². The summed E-state index contributed by atoms with van der Waals surface area (Å²) in [4.78, 5) is 2.78. The number of rotatable bonds is 4. The average Bonchev–Trinajstić information content (AvgIpc) is 2.66. The molecule has 4 nitrogen and oxygen atoms in total. The van der Waals surface area contributed by atoms with Crippen molar-refractivity contribution in [2.75, 3.05) is 18.9 Å². The van der Waals surface area contributed by atoms with Gasteiger partial charge in [0, 0.05) is 11.6 Å². The number of halogens is 1. The molecule has 0 unspecified atom stereocenters. The third-order valence-electron chi connectivity index (χ3n) is 2.46. The average molecular weight is 238 g/mol. The fourth-order valence-corrected chi connectivity index (χ4v) is 1.78. The number of nitrogen functional groups attached to an aromatic ring is 1. The Morgan fingerprint density at radius 1 is 1.29 bits per heavy atom. The van der Waals surface area contributed by atoms with Crippen LogP contribution in [0.5, 0.6) is 11.5 Å². The highest BCUT2D eigenvalue weighted by molar-refractivity contribution is 5.95. The van der Waals surface area contributed by atoms with E-state index >= 15 is 0 Å². The lowest BCUT2D eigenvalue weighted by Crippen LogP contribution is -2.01. The van der Waals surface area contributed by atoms with Gasteiger partial charge in [-0.1, -0.05) is 0 Å². The standard InChI is InChI=1S/C12H15FN2O2/c1-3-16-8-5-7-6-15-12(14)9(7)10(13)11(8)17-4-2/h5-6,15H,3-4,14H2,1-2H3. The van der Waals surface area contributed by atoms with E-state index in [1.54, 1.807) is 19.2 Å². The van der Waals surface area contributed by atoms with Crippen molar-refractivity contribution >= 4 is 16.6 Å². The van der Waals surface area contributed by atoms with Gasteiger partial charge in [0.1, 0.15) is 5.82 Å². The number of nitrogens with two attached hydrogens (primary N) is 1. The molecule has 2 rings (SSSR count). The van der Waals surface area contributed by atoms with Crippen molar-refractivity contribution < 1.29 is 13.9 Å². The van der Waals surface area contributed by atoms with Crippen molar-refractivity contribution in [1.82, 2.24) is 4.98 Å². The third-order valence-corrected chi connectivity index (χ3v) is 2.46. The molecule has 0 aliphatic carbocycles. The molecule has 0 aliphatic heterocycles. The van der Waals surface area contributed by atoms with Gasteiger partial charge in [0.05, 0.1) is 18.6 Å². The van der Waals surface area contributed by atoms with Crippen molar-refractivity contribution in [2.24, 2.45) is 0 Å². The van der Waals surface area contributed by atoms with Crippen molar-refractivity contribution in [3.8, 4) is 11.5 Å². The molecule has 92 valence electrons.